The Balaban J connectivity index is 1.49. The van der Waals surface area contributed by atoms with Crippen molar-refractivity contribution in [2.45, 2.75) is 83.9 Å². The molecule has 1 aliphatic carbocycles. The van der Waals surface area contributed by atoms with Crippen molar-refractivity contribution < 1.29 is 28.7 Å². The molecule has 0 aromatic heterocycles. The van der Waals surface area contributed by atoms with E-state index in [1.54, 1.807) is 20.8 Å². The van der Waals surface area contributed by atoms with E-state index in [-0.39, 0.29) is 24.9 Å². The van der Waals surface area contributed by atoms with Crippen LogP contribution in [0.3, 0.4) is 0 Å². The lowest BCUT2D eigenvalue weighted by Crippen LogP contribution is -2.53. The van der Waals surface area contributed by atoms with Gasteiger partial charge < -0.3 is 31.2 Å². The maximum absolute atomic E-state index is 13.0. The normalized spacial score (nSPS) is 13.9. The molecule has 10 nitrogen and oxygen atoms in total. The molecule has 0 heterocycles. The minimum absolute atomic E-state index is 0.0266. The Morgan fingerprint density at radius 2 is 1.45 bits per heavy atom. The van der Waals surface area contributed by atoms with Crippen LogP contribution in [0.25, 0.3) is 11.1 Å². The third-order valence-corrected chi connectivity index (χ3v) is 6.91. The molecule has 10 heteroatoms. The molecule has 0 unspecified atom stereocenters. The van der Waals surface area contributed by atoms with Crippen molar-refractivity contribution >= 4 is 24.0 Å². The van der Waals surface area contributed by atoms with Gasteiger partial charge in [0.05, 0.1) is 0 Å². The third-order valence-electron chi connectivity index (χ3n) is 6.91. The second-order valence-corrected chi connectivity index (χ2v) is 12.0. The molecule has 0 saturated carbocycles. The van der Waals surface area contributed by atoms with Crippen LogP contribution in [-0.2, 0) is 19.1 Å². The summed E-state index contributed by atoms with van der Waals surface area (Å²) in [4.78, 5) is 49.8. The summed E-state index contributed by atoms with van der Waals surface area (Å²) >= 11 is 0. The minimum Gasteiger partial charge on any atom is -0.449 e. The lowest BCUT2D eigenvalue weighted by Gasteiger charge is -2.25. The second kappa shape index (κ2) is 14.7. The first-order chi connectivity index (χ1) is 19.9. The van der Waals surface area contributed by atoms with Gasteiger partial charge in [0, 0.05) is 12.5 Å². The van der Waals surface area contributed by atoms with Crippen LogP contribution in [0.5, 0.6) is 0 Å². The van der Waals surface area contributed by atoms with Crippen LogP contribution >= 0.6 is 0 Å². The Labute approximate surface area is 248 Å². The lowest BCUT2D eigenvalue weighted by molar-refractivity contribution is -0.129. The third kappa shape index (κ3) is 9.49. The molecular weight excluding hydrogens is 536 g/mol. The van der Waals surface area contributed by atoms with Crippen LogP contribution in [0.4, 0.5) is 9.59 Å². The summed E-state index contributed by atoms with van der Waals surface area (Å²) in [6.45, 7) is 9.56. The van der Waals surface area contributed by atoms with Gasteiger partial charge in [-0.1, -0.05) is 62.4 Å². The maximum atomic E-state index is 13.0. The molecule has 2 atom stereocenters. The average molecular weight is 581 g/mol. The van der Waals surface area contributed by atoms with Crippen molar-refractivity contribution in [1.82, 2.24) is 16.0 Å². The number of alkyl carbamates (subject to hydrolysis) is 2. The SMILES string of the molecule is CC(C)C[C@H](NC(=O)[C@H](CCCCNC(=O)OCC1c2ccccc2-c2ccccc21)NC(=O)OC(C)(C)C)C(N)=O. The van der Waals surface area contributed by atoms with Crippen LogP contribution in [0.15, 0.2) is 48.5 Å². The summed E-state index contributed by atoms with van der Waals surface area (Å²) in [6, 6.07) is 14.5. The molecule has 42 heavy (non-hydrogen) atoms. The first-order valence-electron chi connectivity index (χ1n) is 14.5. The predicted molar refractivity (Wildman–Crippen MR) is 161 cm³/mol. The zero-order valence-electron chi connectivity index (χ0n) is 25.2. The Bertz CT molecular complexity index is 1210. The first-order valence-corrected chi connectivity index (χ1v) is 14.5. The highest BCUT2D eigenvalue weighted by atomic mass is 16.6. The number of amides is 4. The number of hydrogen-bond donors (Lipinski definition) is 4. The fraction of sp³-hybridized carbons (Fsp3) is 0.500. The first kappa shape index (κ1) is 32.4. The highest BCUT2D eigenvalue weighted by Crippen LogP contribution is 2.44. The molecule has 4 amide bonds. The molecule has 228 valence electrons. The van der Waals surface area contributed by atoms with Crippen molar-refractivity contribution in [1.29, 1.82) is 0 Å². The molecule has 0 fully saturated rings. The molecule has 1 aliphatic rings. The second-order valence-electron chi connectivity index (χ2n) is 12.0. The molecule has 0 radical (unpaired) electrons. The average Bonchev–Trinajstić information content (AvgIpc) is 3.23. The number of fused-ring (bicyclic) bond motifs is 3. The van der Waals surface area contributed by atoms with Crippen LogP contribution in [0.1, 0.15) is 77.3 Å². The standard InChI is InChI=1S/C32H44N4O6/c1-20(2)18-27(28(33)37)35-29(38)26(36-31(40)42-32(3,4)5)16-10-11-17-34-30(39)41-19-25-23-14-8-6-12-21(23)22-13-7-9-15-24(22)25/h6-9,12-15,20,25-27H,10-11,16-19H2,1-5H3,(H2,33,37)(H,34,39)(H,35,38)(H,36,40)/t26-,27-/m0/s1. The number of ether oxygens (including phenoxy) is 2. The topological polar surface area (TPSA) is 149 Å². The van der Waals surface area contributed by atoms with Gasteiger partial charge in [0.15, 0.2) is 0 Å². The Morgan fingerprint density at radius 1 is 0.857 bits per heavy atom. The van der Waals surface area contributed by atoms with Crippen LogP contribution in [0, 0.1) is 5.92 Å². The Hall–Kier alpha value is -4.08. The summed E-state index contributed by atoms with van der Waals surface area (Å²) in [5, 5.41) is 8.02. The van der Waals surface area contributed by atoms with Crippen molar-refractivity contribution in [2.75, 3.05) is 13.2 Å². The smallest absolute Gasteiger partial charge is 0.408 e. The quantitative estimate of drug-likeness (QED) is 0.254. The molecule has 0 saturated heterocycles. The number of nitrogens with two attached hydrogens (primary N) is 1. The largest absolute Gasteiger partial charge is 0.449 e. The van der Waals surface area contributed by atoms with Crippen LogP contribution in [-0.4, -0.2) is 54.8 Å². The summed E-state index contributed by atoms with van der Waals surface area (Å²) in [7, 11) is 0. The van der Waals surface area contributed by atoms with Gasteiger partial charge in [-0.05, 0) is 74.6 Å². The molecular formula is C32H44N4O6. The minimum atomic E-state index is -0.941. The van der Waals surface area contributed by atoms with Gasteiger partial charge in [-0.15, -0.1) is 0 Å². The predicted octanol–water partition coefficient (Wildman–Crippen LogP) is 4.60. The van der Waals surface area contributed by atoms with Gasteiger partial charge in [0.1, 0.15) is 24.3 Å². The van der Waals surface area contributed by atoms with E-state index < -0.39 is 41.7 Å². The van der Waals surface area contributed by atoms with E-state index in [9.17, 15) is 19.2 Å². The van der Waals surface area contributed by atoms with Gasteiger partial charge in [-0.2, -0.15) is 0 Å². The molecule has 5 N–H and O–H groups in total. The van der Waals surface area contributed by atoms with Crippen LogP contribution < -0.4 is 21.7 Å². The molecule has 0 aliphatic heterocycles. The summed E-state index contributed by atoms with van der Waals surface area (Å²) in [5.74, 6) is -1.06. The van der Waals surface area contributed by atoms with Crippen molar-refractivity contribution in [2.24, 2.45) is 11.7 Å². The number of primary amides is 1. The molecule has 2 aromatic rings. The number of benzene rings is 2. The number of carbonyl (C=O) groups excluding carboxylic acids is 4. The molecule has 2 aromatic carbocycles. The van der Waals surface area contributed by atoms with E-state index >= 15 is 0 Å². The molecule has 0 bridgehead atoms. The zero-order chi connectivity index (χ0) is 30.9. The summed E-state index contributed by atoms with van der Waals surface area (Å²) in [5.41, 5.74) is 9.33. The number of carbonyl (C=O) groups is 4. The van der Waals surface area contributed by atoms with E-state index in [1.807, 2.05) is 38.1 Å². The fourth-order valence-electron chi connectivity index (χ4n) is 5.02. The van der Waals surface area contributed by atoms with Crippen LogP contribution in [0.2, 0.25) is 0 Å². The summed E-state index contributed by atoms with van der Waals surface area (Å²) < 4.78 is 10.9. The maximum Gasteiger partial charge on any atom is 0.408 e. The highest BCUT2D eigenvalue weighted by Gasteiger charge is 2.30. The van der Waals surface area contributed by atoms with Gasteiger partial charge in [0.2, 0.25) is 11.8 Å². The van der Waals surface area contributed by atoms with Gasteiger partial charge in [-0.3, -0.25) is 9.59 Å². The van der Waals surface area contributed by atoms with Crippen molar-refractivity contribution in [3.8, 4) is 11.1 Å². The Kier molecular flexibility index (Phi) is 11.4. The lowest BCUT2D eigenvalue weighted by atomic mass is 9.98. The zero-order valence-corrected chi connectivity index (χ0v) is 25.2. The number of nitrogens with one attached hydrogen (secondary N) is 3. The monoisotopic (exact) mass is 580 g/mol. The number of unbranched alkanes of at least 4 members (excludes halogenated alkanes) is 1. The van der Waals surface area contributed by atoms with Crippen molar-refractivity contribution in [3.63, 3.8) is 0 Å². The van der Waals surface area contributed by atoms with Gasteiger partial charge in [0.25, 0.3) is 0 Å². The van der Waals surface area contributed by atoms with E-state index in [1.165, 1.54) is 0 Å². The highest BCUT2D eigenvalue weighted by molar-refractivity contribution is 5.90. The van der Waals surface area contributed by atoms with Gasteiger partial charge in [-0.25, -0.2) is 9.59 Å². The number of hydrogen-bond acceptors (Lipinski definition) is 6. The molecule has 0 spiro atoms. The Morgan fingerprint density at radius 3 is 2.00 bits per heavy atom. The van der Waals surface area contributed by atoms with E-state index in [2.05, 4.69) is 40.2 Å². The van der Waals surface area contributed by atoms with Crippen molar-refractivity contribution in [3.05, 3.63) is 59.7 Å². The van der Waals surface area contributed by atoms with E-state index in [4.69, 9.17) is 15.2 Å². The summed E-state index contributed by atoms with van der Waals surface area (Å²) in [6.07, 6.45) is 0.433. The molecule has 3 rings (SSSR count). The number of rotatable bonds is 13. The van der Waals surface area contributed by atoms with E-state index in [0.29, 0.717) is 25.8 Å². The fourth-order valence-corrected chi connectivity index (χ4v) is 5.02. The van der Waals surface area contributed by atoms with E-state index in [0.717, 1.165) is 22.3 Å². The van der Waals surface area contributed by atoms with Gasteiger partial charge >= 0.3 is 12.2 Å².